The minimum Gasteiger partial charge on any atom is -0.462 e. The fourth-order valence-electron chi connectivity index (χ4n) is 2.65. The SMILES string of the molecule is CCOC(=O)c1sc(N)c(C#N)c1CSc1nnc(-c2ccc3c(c2)OCO3)o1. The molecular formula is C18H14N4O5S2. The lowest BCUT2D eigenvalue weighted by Gasteiger charge is -2.02. The van der Waals surface area contributed by atoms with Gasteiger partial charge in [-0.05, 0) is 25.1 Å². The molecule has 1 aromatic carbocycles. The predicted molar refractivity (Wildman–Crippen MR) is 105 cm³/mol. The van der Waals surface area contributed by atoms with Crippen molar-refractivity contribution in [2.75, 3.05) is 19.1 Å². The predicted octanol–water partition coefficient (Wildman–Crippen LogP) is 3.45. The molecule has 0 radical (unpaired) electrons. The number of hydrogen-bond acceptors (Lipinski definition) is 11. The highest BCUT2D eigenvalue weighted by Gasteiger charge is 2.24. The highest BCUT2D eigenvalue weighted by atomic mass is 32.2. The summed E-state index contributed by atoms with van der Waals surface area (Å²) in [5.74, 6) is 1.34. The maximum Gasteiger partial charge on any atom is 0.348 e. The zero-order valence-corrected chi connectivity index (χ0v) is 16.8. The first-order valence-electron chi connectivity index (χ1n) is 8.45. The van der Waals surface area contributed by atoms with Gasteiger partial charge in [-0.15, -0.1) is 21.5 Å². The van der Waals surface area contributed by atoms with Crippen LogP contribution in [0, 0.1) is 11.3 Å². The second-order valence-corrected chi connectivity index (χ2v) is 7.69. The van der Waals surface area contributed by atoms with E-state index in [0.717, 1.165) is 11.3 Å². The first kappa shape index (κ1) is 19.1. The van der Waals surface area contributed by atoms with E-state index in [2.05, 4.69) is 10.2 Å². The molecular weight excluding hydrogens is 416 g/mol. The summed E-state index contributed by atoms with van der Waals surface area (Å²) in [6, 6.07) is 7.37. The lowest BCUT2D eigenvalue weighted by molar-refractivity contribution is 0.0531. The Bertz CT molecular complexity index is 1120. The van der Waals surface area contributed by atoms with Gasteiger partial charge in [-0.2, -0.15) is 5.26 Å². The Hall–Kier alpha value is -3.23. The van der Waals surface area contributed by atoms with Crippen molar-refractivity contribution in [1.29, 1.82) is 5.26 Å². The summed E-state index contributed by atoms with van der Waals surface area (Å²) in [5.41, 5.74) is 7.34. The molecule has 0 spiro atoms. The van der Waals surface area contributed by atoms with Crippen molar-refractivity contribution >= 4 is 34.1 Å². The third-order valence-electron chi connectivity index (χ3n) is 3.97. The Morgan fingerprint density at radius 2 is 2.21 bits per heavy atom. The molecule has 0 aliphatic carbocycles. The van der Waals surface area contributed by atoms with Crippen LogP contribution in [0.4, 0.5) is 5.00 Å². The number of fused-ring (bicyclic) bond motifs is 1. The van der Waals surface area contributed by atoms with E-state index in [1.165, 1.54) is 11.8 Å². The number of nitrogens with two attached hydrogens (primary N) is 1. The Labute approximate surface area is 173 Å². The van der Waals surface area contributed by atoms with Crippen molar-refractivity contribution < 1.29 is 23.4 Å². The summed E-state index contributed by atoms with van der Waals surface area (Å²) in [6.45, 7) is 2.12. The zero-order valence-electron chi connectivity index (χ0n) is 15.1. The summed E-state index contributed by atoms with van der Waals surface area (Å²) >= 11 is 2.24. The molecule has 0 fully saturated rings. The third-order valence-corrected chi connectivity index (χ3v) is 5.86. The van der Waals surface area contributed by atoms with Crippen LogP contribution in [0.2, 0.25) is 0 Å². The van der Waals surface area contributed by atoms with Crippen LogP contribution in [0.15, 0.2) is 27.8 Å². The fraction of sp³-hybridized carbons (Fsp3) is 0.222. The van der Waals surface area contributed by atoms with E-state index in [1.807, 2.05) is 6.07 Å². The van der Waals surface area contributed by atoms with Crippen molar-refractivity contribution in [2.45, 2.75) is 17.9 Å². The molecule has 9 nitrogen and oxygen atoms in total. The number of anilines is 1. The van der Waals surface area contributed by atoms with Gasteiger partial charge in [0, 0.05) is 16.9 Å². The molecule has 1 aliphatic rings. The maximum absolute atomic E-state index is 12.2. The summed E-state index contributed by atoms with van der Waals surface area (Å²) in [5, 5.41) is 18.0. The van der Waals surface area contributed by atoms with E-state index in [0.29, 0.717) is 38.6 Å². The van der Waals surface area contributed by atoms with Crippen LogP contribution in [-0.2, 0) is 10.5 Å². The van der Waals surface area contributed by atoms with Crippen molar-refractivity contribution in [2.24, 2.45) is 0 Å². The summed E-state index contributed by atoms with van der Waals surface area (Å²) in [7, 11) is 0. The number of benzene rings is 1. The van der Waals surface area contributed by atoms with Crippen molar-refractivity contribution in [3.8, 4) is 29.0 Å². The molecule has 2 N–H and O–H groups in total. The minimum atomic E-state index is -0.507. The highest BCUT2D eigenvalue weighted by Crippen LogP contribution is 2.38. The molecule has 0 amide bonds. The van der Waals surface area contributed by atoms with Gasteiger partial charge in [0.25, 0.3) is 5.22 Å². The molecule has 3 heterocycles. The Morgan fingerprint density at radius 3 is 3.00 bits per heavy atom. The molecule has 2 aromatic heterocycles. The van der Waals surface area contributed by atoms with Gasteiger partial charge < -0.3 is 24.4 Å². The second-order valence-electron chi connectivity index (χ2n) is 5.71. The number of nitrogen functional groups attached to an aromatic ring is 1. The van der Waals surface area contributed by atoms with E-state index in [-0.39, 0.29) is 29.7 Å². The van der Waals surface area contributed by atoms with Crippen LogP contribution in [0.3, 0.4) is 0 Å². The summed E-state index contributed by atoms with van der Waals surface area (Å²) in [6.07, 6.45) is 0. The number of aromatic nitrogens is 2. The number of thiophene rings is 1. The molecule has 3 aromatic rings. The van der Waals surface area contributed by atoms with Gasteiger partial charge in [0.2, 0.25) is 12.7 Å². The van der Waals surface area contributed by atoms with E-state index in [9.17, 15) is 10.1 Å². The monoisotopic (exact) mass is 430 g/mol. The maximum atomic E-state index is 12.2. The average Bonchev–Trinajstić information content (AvgIpc) is 3.44. The molecule has 0 saturated carbocycles. The van der Waals surface area contributed by atoms with Gasteiger partial charge in [-0.3, -0.25) is 0 Å². The first-order valence-corrected chi connectivity index (χ1v) is 10.3. The molecule has 0 saturated heterocycles. The van der Waals surface area contributed by atoms with Crippen molar-refractivity contribution in [3.05, 3.63) is 34.2 Å². The minimum absolute atomic E-state index is 0.178. The number of carbonyl (C=O) groups excluding carboxylic acids is 1. The summed E-state index contributed by atoms with van der Waals surface area (Å²) < 4.78 is 21.4. The fourth-order valence-corrected chi connectivity index (χ4v) is 4.47. The van der Waals surface area contributed by atoms with Crippen LogP contribution in [0.5, 0.6) is 11.5 Å². The van der Waals surface area contributed by atoms with Crippen LogP contribution in [-0.4, -0.2) is 29.6 Å². The molecule has 1 aliphatic heterocycles. The Morgan fingerprint density at radius 1 is 1.38 bits per heavy atom. The normalized spacial score (nSPS) is 12.0. The lowest BCUT2D eigenvalue weighted by atomic mass is 10.2. The molecule has 4 rings (SSSR count). The number of hydrogen-bond donors (Lipinski definition) is 1. The quantitative estimate of drug-likeness (QED) is 0.458. The van der Waals surface area contributed by atoms with Gasteiger partial charge in [-0.25, -0.2) is 4.79 Å². The number of nitrogens with zero attached hydrogens (tertiary/aromatic N) is 3. The van der Waals surface area contributed by atoms with Gasteiger partial charge in [-0.1, -0.05) is 11.8 Å². The number of carbonyl (C=O) groups is 1. The number of esters is 1. The van der Waals surface area contributed by atoms with E-state index in [1.54, 1.807) is 25.1 Å². The van der Waals surface area contributed by atoms with Crippen LogP contribution < -0.4 is 15.2 Å². The van der Waals surface area contributed by atoms with E-state index >= 15 is 0 Å². The number of nitriles is 1. The third kappa shape index (κ3) is 3.72. The average molecular weight is 430 g/mol. The van der Waals surface area contributed by atoms with Crippen molar-refractivity contribution in [3.63, 3.8) is 0 Å². The highest BCUT2D eigenvalue weighted by molar-refractivity contribution is 7.98. The van der Waals surface area contributed by atoms with Crippen LogP contribution in [0.25, 0.3) is 11.5 Å². The standard InChI is InChI=1S/C18H14N4O5S2/c1-2-24-17(23)14-11(10(6-19)15(20)29-14)7-28-18-22-21-16(27-18)9-3-4-12-13(5-9)26-8-25-12/h3-5H,2,7-8,20H2,1H3. The molecule has 148 valence electrons. The molecule has 0 unspecified atom stereocenters. The van der Waals surface area contributed by atoms with E-state index in [4.69, 9.17) is 24.4 Å². The smallest absolute Gasteiger partial charge is 0.348 e. The number of ether oxygens (including phenoxy) is 3. The Balaban J connectivity index is 1.53. The number of thioether (sulfide) groups is 1. The molecule has 0 bridgehead atoms. The van der Waals surface area contributed by atoms with Gasteiger partial charge in [0.1, 0.15) is 15.9 Å². The van der Waals surface area contributed by atoms with Crippen LogP contribution in [0.1, 0.15) is 27.7 Å². The topological polar surface area (TPSA) is 133 Å². The second kappa shape index (κ2) is 8.02. The van der Waals surface area contributed by atoms with Crippen molar-refractivity contribution in [1.82, 2.24) is 10.2 Å². The summed E-state index contributed by atoms with van der Waals surface area (Å²) in [4.78, 5) is 12.5. The molecule has 29 heavy (non-hydrogen) atoms. The molecule has 0 atom stereocenters. The van der Waals surface area contributed by atoms with Gasteiger partial charge in [0.05, 0.1) is 12.2 Å². The largest absolute Gasteiger partial charge is 0.462 e. The van der Waals surface area contributed by atoms with Gasteiger partial charge in [0.15, 0.2) is 11.5 Å². The zero-order chi connectivity index (χ0) is 20.4. The first-order chi connectivity index (χ1) is 14.1. The number of rotatable bonds is 6. The van der Waals surface area contributed by atoms with Crippen LogP contribution >= 0.6 is 23.1 Å². The van der Waals surface area contributed by atoms with Gasteiger partial charge >= 0.3 is 5.97 Å². The Kier molecular flexibility index (Phi) is 5.28. The lowest BCUT2D eigenvalue weighted by Crippen LogP contribution is -2.05. The molecule has 11 heteroatoms. The van der Waals surface area contributed by atoms with E-state index < -0.39 is 5.97 Å².